The van der Waals surface area contributed by atoms with Gasteiger partial charge in [0.25, 0.3) is 0 Å². The van der Waals surface area contributed by atoms with E-state index in [0.717, 1.165) is 0 Å². The molecule has 0 saturated heterocycles. The number of rotatable bonds is 4. The molecular formula is C17H18O5S. The Labute approximate surface area is 135 Å². The van der Waals surface area contributed by atoms with Crippen LogP contribution in [-0.2, 0) is 19.6 Å². The fourth-order valence-corrected chi connectivity index (χ4v) is 3.85. The Morgan fingerprint density at radius 1 is 1.09 bits per heavy atom. The molecule has 0 fully saturated rings. The molecule has 1 N–H and O–H groups in total. The van der Waals surface area contributed by atoms with E-state index in [4.69, 9.17) is 4.74 Å². The minimum atomic E-state index is -4.01. The highest BCUT2D eigenvalue weighted by Gasteiger charge is 2.40. The monoisotopic (exact) mass is 334 g/mol. The van der Waals surface area contributed by atoms with Crippen LogP contribution < -0.4 is 4.74 Å². The maximum absolute atomic E-state index is 12.8. The number of ether oxygens (including phenoxy) is 1. The third-order valence-electron chi connectivity index (χ3n) is 3.56. The quantitative estimate of drug-likeness (QED) is 0.686. The summed E-state index contributed by atoms with van der Waals surface area (Å²) in [5.41, 5.74) is 0.751. The van der Waals surface area contributed by atoms with Gasteiger partial charge in [-0.1, -0.05) is 30.3 Å². The molecule has 0 spiro atoms. The molecule has 0 aliphatic heterocycles. The van der Waals surface area contributed by atoms with Crippen LogP contribution in [0, 0.1) is 6.92 Å². The normalized spacial score (nSPS) is 14.1. The minimum absolute atomic E-state index is 0.0778. The highest BCUT2D eigenvalue weighted by atomic mass is 32.2. The Morgan fingerprint density at radius 3 is 2.17 bits per heavy atom. The van der Waals surface area contributed by atoms with Gasteiger partial charge in [0.2, 0.25) is 9.84 Å². The molecule has 2 aromatic rings. The van der Waals surface area contributed by atoms with Gasteiger partial charge < -0.3 is 9.84 Å². The number of carbonyl (C=O) groups is 1. The molecule has 122 valence electrons. The molecule has 0 bridgehead atoms. The Kier molecular flexibility index (Phi) is 4.58. The molecule has 0 heterocycles. The van der Waals surface area contributed by atoms with Crippen molar-refractivity contribution in [3.63, 3.8) is 0 Å². The standard InChI is InChI=1S/C17H18O5S/c1-12-6-4-5-7-16(12)23(20,21)17(3,19)14-8-10-15(11-9-14)22-13(2)18/h4-11,19H,1-3H3. The summed E-state index contributed by atoms with van der Waals surface area (Å²) >= 11 is 0. The number of hydrogen-bond acceptors (Lipinski definition) is 5. The first-order valence-electron chi connectivity index (χ1n) is 6.98. The largest absolute Gasteiger partial charge is 0.427 e. The summed E-state index contributed by atoms with van der Waals surface area (Å²) in [5.74, 6) is -0.192. The first-order chi connectivity index (χ1) is 10.7. The third kappa shape index (κ3) is 3.28. The molecule has 5 nitrogen and oxygen atoms in total. The van der Waals surface area contributed by atoms with Gasteiger partial charge in [0.1, 0.15) is 5.75 Å². The van der Waals surface area contributed by atoms with Crippen LogP contribution in [0.2, 0.25) is 0 Å². The summed E-state index contributed by atoms with van der Waals surface area (Å²) in [5, 5.41) is 10.7. The van der Waals surface area contributed by atoms with Gasteiger partial charge in [0.15, 0.2) is 4.93 Å². The van der Waals surface area contributed by atoms with Crippen LogP contribution >= 0.6 is 0 Å². The molecule has 0 radical (unpaired) electrons. The van der Waals surface area contributed by atoms with Crippen LogP contribution in [0.4, 0.5) is 0 Å². The van der Waals surface area contributed by atoms with Crippen LogP contribution in [0.15, 0.2) is 53.4 Å². The van der Waals surface area contributed by atoms with Crippen LogP contribution in [0.1, 0.15) is 25.0 Å². The van der Waals surface area contributed by atoms with E-state index in [2.05, 4.69) is 0 Å². The van der Waals surface area contributed by atoms with Crippen LogP contribution in [0.25, 0.3) is 0 Å². The van der Waals surface area contributed by atoms with Gasteiger partial charge in [-0.25, -0.2) is 8.42 Å². The van der Waals surface area contributed by atoms with Crippen LogP contribution in [0.3, 0.4) is 0 Å². The van der Waals surface area contributed by atoms with Crippen molar-refractivity contribution in [1.29, 1.82) is 0 Å². The van der Waals surface area contributed by atoms with E-state index in [0.29, 0.717) is 5.56 Å². The lowest BCUT2D eigenvalue weighted by Crippen LogP contribution is -2.32. The second-order valence-electron chi connectivity index (χ2n) is 5.37. The molecule has 2 rings (SSSR count). The molecule has 1 unspecified atom stereocenters. The fraction of sp³-hybridized carbons (Fsp3) is 0.235. The molecule has 0 aromatic heterocycles. The number of hydrogen-bond donors (Lipinski definition) is 1. The summed E-state index contributed by atoms with van der Waals surface area (Å²) in [6.45, 7) is 4.18. The lowest BCUT2D eigenvalue weighted by molar-refractivity contribution is -0.131. The smallest absolute Gasteiger partial charge is 0.308 e. The van der Waals surface area contributed by atoms with Gasteiger partial charge in [-0.3, -0.25) is 4.79 Å². The molecule has 23 heavy (non-hydrogen) atoms. The SMILES string of the molecule is CC(=O)Oc1ccc(C(C)(O)S(=O)(=O)c2ccccc2C)cc1. The number of sulfone groups is 1. The van der Waals surface area contributed by atoms with Gasteiger partial charge >= 0.3 is 5.97 Å². The number of esters is 1. The topological polar surface area (TPSA) is 80.7 Å². The Hall–Kier alpha value is -2.18. The van der Waals surface area contributed by atoms with Crippen molar-refractivity contribution in [2.75, 3.05) is 0 Å². The zero-order chi connectivity index (χ0) is 17.3. The van der Waals surface area contributed by atoms with Gasteiger partial charge in [0.05, 0.1) is 4.90 Å². The van der Waals surface area contributed by atoms with Crippen molar-refractivity contribution in [3.05, 3.63) is 59.7 Å². The summed E-state index contributed by atoms with van der Waals surface area (Å²) in [6.07, 6.45) is 0. The lowest BCUT2D eigenvalue weighted by Gasteiger charge is -2.25. The van der Waals surface area contributed by atoms with E-state index >= 15 is 0 Å². The Balaban J connectivity index is 2.45. The molecule has 6 heteroatoms. The first-order valence-corrected chi connectivity index (χ1v) is 8.46. The highest BCUT2D eigenvalue weighted by Crippen LogP contribution is 2.34. The van der Waals surface area contributed by atoms with Crippen molar-refractivity contribution < 1.29 is 23.1 Å². The molecule has 0 aliphatic rings. The Morgan fingerprint density at radius 2 is 1.65 bits per heavy atom. The van der Waals surface area contributed by atoms with Crippen LogP contribution in [0.5, 0.6) is 5.75 Å². The summed E-state index contributed by atoms with van der Waals surface area (Å²) in [6, 6.07) is 12.2. The lowest BCUT2D eigenvalue weighted by atomic mass is 10.1. The molecule has 2 aromatic carbocycles. The van der Waals surface area contributed by atoms with E-state index in [1.165, 1.54) is 44.2 Å². The minimum Gasteiger partial charge on any atom is -0.427 e. The first kappa shape index (κ1) is 17.2. The average Bonchev–Trinajstić information content (AvgIpc) is 2.47. The van der Waals surface area contributed by atoms with Crippen molar-refractivity contribution >= 4 is 15.8 Å². The van der Waals surface area contributed by atoms with Crippen molar-refractivity contribution in [2.45, 2.75) is 30.6 Å². The summed E-state index contributed by atoms with van der Waals surface area (Å²) in [7, 11) is -4.01. The second-order valence-corrected chi connectivity index (χ2v) is 7.61. The maximum atomic E-state index is 12.8. The molecule has 0 saturated carbocycles. The summed E-state index contributed by atoms with van der Waals surface area (Å²) < 4.78 is 30.5. The van der Waals surface area contributed by atoms with E-state index in [9.17, 15) is 18.3 Å². The number of aliphatic hydroxyl groups is 1. The van der Waals surface area contributed by atoms with Gasteiger partial charge in [-0.15, -0.1) is 0 Å². The van der Waals surface area contributed by atoms with Crippen LogP contribution in [-0.4, -0.2) is 19.5 Å². The zero-order valence-electron chi connectivity index (χ0n) is 13.1. The number of carbonyl (C=O) groups excluding carboxylic acids is 1. The highest BCUT2D eigenvalue weighted by molar-refractivity contribution is 7.92. The van der Waals surface area contributed by atoms with Gasteiger partial charge in [-0.05, 0) is 43.2 Å². The van der Waals surface area contributed by atoms with Crippen molar-refractivity contribution in [2.24, 2.45) is 0 Å². The number of benzene rings is 2. The number of aryl methyl sites for hydroxylation is 1. The second kappa shape index (κ2) is 6.14. The average molecular weight is 334 g/mol. The third-order valence-corrected chi connectivity index (χ3v) is 5.88. The maximum Gasteiger partial charge on any atom is 0.308 e. The van der Waals surface area contributed by atoms with Gasteiger partial charge in [-0.2, -0.15) is 0 Å². The van der Waals surface area contributed by atoms with E-state index in [-0.39, 0.29) is 16.2 Å². The van der Waals surface area contributed by atoms with Gasteiger partial charge in [0, 0.05) is 6.92 Å². The fourth-order valence-electron chi connectivity index (χ4n) is 2.23. The summed E-state index contributed by atoms with van der Waals surface area (Å²) in [4.78, 5) is 8.88. The van der Waals surface area contributed by atoms with Crippen molar-refractivity contribution in [1.82, 2.24) is 0 Å². The predicted molar refractivity (Wildman–Crippen MR) is 85.7 cm³/mol. The van der Waals surface area contributed by atoms with E-state index < -0.39 is 20.7 Å². The molecule has 1 atom stereocenters. The molecular weight excluding hydrogens is 316 g/mol. The van der Waals surface area contributed by atoms with Crippen molar-refractivity contribution in [3.8, 4) is 5.75 Å². The molecule has 0 aliphatic carbocycles. The molecule has 0 amide bonds. The predicted octanol–water partition coefficient (Wildman–Crippen LogP) is 2.56. The zero-order valence-corrected chi connectivity index (χ0v) is 13.9. The van der Waals surface area contributed by atoms with E-state index in [1.807, 2.05) is 0 Å². The van der Waals surface area contributed by atoms with E-state index in [1.54, 1.807) is 25.1 Å². The Bertz CT molecular complexity index is 820.